The number of aromatic nitrogens is 4. The second-order valence-corrected chi connectivity index (χ2v) is 6.53. The van der Waals surface area contributed by atoms with E-state index in [0.717, 1.165) is 48.1 Å². The SMILES string of the molecule is Cc1cnc(C2CCN(C(=O)Cc3c(C)nc4ccccn34)C2)[nH]1. The summed E-state index contributed by atoms with van der Waals surface area (Å²) in [4.78, 5) is 26.9. The number of nitrogens with one attached hydrogen (secondary N) is 1. The summed E-state index contributed by atoms with van der Waals surface area (Å²) < 4.78 is 2.01. The van der Waals surface area contributed by atoms with Crippen LogP contribution in [0.15, 0.2) is 30.6 Å². The van der Waals surface area contributed by atoms with E-state index in [0.29, 0.717) is 12.3 Å². The molecule has 0 aliphatic carbocycles. The van der Waals surface area contributed by atoms with Crippen LogP contribution in [0.1, 0.15) is 35.2 Å². The van der Waals surface area contributed by atoms with Crippen molar-refractivity contribution in [1.82, 2.24) is 24.3 Å². The number of imidazole rings is 2. The fourth-order valence-electron chi connectivity index (χ4n) is 3.48. The van der Waals surface area contributed by atoms with Gasteiger partial charge in [0.25, 0.3) is 0 Å². The van der Waals surface area contributed by atoms with Gasteiger partial charge in [-0.3, -0.25) is 4.79 Å². The van der Waals surface area contributed by atoms with E-state index >= 15 is 0 Å². The molecule has 6 nitrogen and oxygen atoms in total. The number of likely N-dealkylation sites (tertiary alicyclic amines) is 1. The Kier molecular flexibility index (Phi) is 3.59. The lowest BCUT2D eigenvalue weighted by Gasteiger charge is -2.16. The molecule has 1 atom stereocenters. The Hall–Kier alpha value is -2.63. The van der Waals surface area contributed by atoms with E-state index in [1.54, 1.807) is 0 Å². The van der Waals surface area contributed by atoms with Crippen LogP contribution in [0.4, 0.5) is 0 Å². The van der Waals surface area contributed by atoms with Gasteiger partial charge in [-0.2, -0.15) is 0 Å². The predicted octanol–water partition coefficient (Wildman–Crippen LogP) is 2.23. The first-order chi connectivity index (χ1) is 11.6. The minimum absolute atomic E-state index is 0.162. The number of nitrogens with zero attached hydrogens (tertiary/aromatic N) is 4. The Morgan fingerprint density at radius 1 is 1.38 bits per heavy atom. The molecule has 3 aromatic rings. The van der Waals surface area contributed by atoms with Crippen LogP contribution in [0.5, 0.6) is 0 Å². The first-order valence-corrected chi connectivity index (χ1v) is 8.33. The van der Waals surface area contributed by atoms with Crippen molar-refractivity contribution in [3.05, 3.63) is 53.5 Å². The lowest BCUT2D eigenvalue weighted by atomic mass is 10.1. The molecule has 0 saturated carbocycles. The van der Waals surface area contributed by atoms with Crippen molar-refractivity contribution in [2.45, 2.75) is 32.6 Å². The zero-order chi connectivity index (χ0) is 16.7. The predicted molar refractivity (Wildman–Crippen MR) is 90.9 cm³/mol. The van der Waals surface area contributed by atoms with E-state index in [2.05, 4.69) is 15.0 Å². The third-order valence-corrected chi connectivity index (χ3v) is 4.80. The van der Waals surface area contributed by atoms with Crippen molar-refractivity contribution < 1.29 is 4.79 Å². The first kappa shape index (κ1) is 14.9. The molecule has 1 saturated heterocycles. The van der Waals surface area contributed by atoms with Crippen LogP contribution in [-0.2, 0) is 11.2 Å². The fourth-order valence-corrected chi connectivity index (χ4v) is 3.48. The second-order valence-electron chi connectivity index (χ2n) is 6.53. The number of pyridine rings is 1. The molecule has 3 aromatic heterocycles. The number of rotatable bonds is 3. The highest BCUT2D eigenvalue weighted by molar-refractivity contribution is 5.79. The number of H-pyrrole nitrogens is 1. The molecule has 1 fully saturated rings. The maximum atomic E-state index is 12.7. The summed E-state index contributed by atoms with van der Waals surface area (Å²) in [5.74, 6) is 1.47. The van der Waals surface area contributed by atoms with Gasteiger partial charge in [0.05, 0.1) is 17.8 Å². The van der Waals surface area contributed by atoms with Crippen LogP contribution in [0.3, 0.4) is 0 Å². The van der Waals surface area contributed by atoms with Crippen molar-refractivity contribution in [3.63, 3.8) is 0 Å². The molecule has 124 valence electrons. The fraction of sp³-hybridized carbons (Fsp3) is 0.389. The van der Waals surface area contributed by atoms with E-state index in [4.69, 9.17) is 0 Å². The molecule has 24 heavy (non-hydrogen) atoms. The first-order valence-electron chi connectivity index (χ1n) is 8.33. The standard InChI is InChI=1S/C18H21N5O/c1-12-10-19-18(20-12)14-6-8-22(11-14)17(24)9-15-13(2)21-16-5-3-4-7-23(15)16/h3-5,7,10,14H,6,8-9,11H2,1-2H3,(H,19,20). The number of carbonyl (C=O) groups is 1. The molecule has 0 bridgehead atoms. The van der Waals surface area contributed by atoms with E-state index in [-0.39, 0.29) is 5.91 Å². The zero-order valence-electron chi connectivity index (χ0n) is 14.0. The number of hydrogen-bond donors (Lipinski definition) is 1. The van der Waals surface area contributed by atoms with Crippen LogP contribution in [0.25, 0.3) is 5.65 Å². The molecule has 1 aliphatic rings. The van der Waals surface area contributed by atoms with E-state index in [1.807, 2.05) is 53.7 Å². The Morgan fingerprint density at radius 2 is 2.25 bits per heavy atom. The average Bonchev–Trinajstić information content (AvgIpc) is 3.27. The quantitative estimate of drug-likeness (QED) is 0.804. The van der Waals surface area contributed by atoms with Gasteiger partial charge in [0, 0.05) is 37.1 Å². The smallest absolute Gasteiger partial charge is 0.228 e. The summed E-state index contributed by atoms with van der Waals surface area (Å²) in [6.45, 7) is 5.50. The Balaban J connectivity index is 1.49. The number of fused-ring (bicyclic) bond motifs is 1. The molecule has 6 heteroatoms. The van der Waals surface area contributed by atoms with Crippen molar-refractivity contribution >= 4 is 11.6 Å². The van der Waals surface area contributed by atoms with Crippen molar-refractivity contribution in [3.8, 4) is 0 Å². The largest absolute Gasteiger partial charge is 0.346 e. The maximum Gasteiger partial charge on any atom is 0.228 e. The summed E-state index contributed by atoms with van der Waals surface area (Å²) in [6, 6.07) is 5.89. The molecule has 0 aromatic carbocycles. The summed E-state index contributed by atoms with van der Waals surface area (Å²) in [5, 5.41) is 0. The van der Waals surface area contributed by atoms with Crippen LogP contribution in [0, 0.1) is 13.8 Å². The number of carbonyl (C=O) groups excluding carboxylic acids is 1. The highest BCUT2D eigenvalue weighted by Crippen LogP contribution is 2.26. The molecular formula is C18H21N5O. The van der Waals surface area contributed by atoms with Gasteiger partial charge in [0.1, 0.15) is 11.5 Å². The Bertz CT molecular complexity index is 894. The van der Waals surface area contributed by atoms with Gasteiger partial charge < -0.3 is 14.3 Å². The van der Waals surface area contributed by atoms with Crippen molar-refractivity contribution in [2.75, 3.05) is 13.1 Å². The molecule has 4 rings (SSSR count). The van der Waals surface area contributed by atoms with Crippen LogP contribution < -0.4 is 0 Å². The van der Waals surface area contributed by atoms with Gasteiger partial charge in [-0.15, -0.1) is 0 Å². The highest BCUT2D eigenvalue weighted by Gasteiger charge is 2.29. The monoisotopic (exact) mass is 323 g/mol. The molecule has 4 heterocycles. The zero-order valence-corrected chi connectivity index (χ0v) is 14.0. The number of amides is 1. The summed E-state index contributed by atoms with van der Waals surface area (Å²) >= 11 is 0. The average molecular weight is 323 g/mol. The van der Waals surface area contributed by atoms with Gasteiger partial charge in [-0.1, -0.05) is 6.07 Å². The van der Waals surface area contributed by atoms with Gasteiger partial charge in [0.2, 0.25) is 5.91 Å². The number of aryl methyl sites for hydroxylation is 2. The van der Waals surface area contributed by atoms with Crippen molar-refractivity contribution in [2.24, 2.45) is 0 Å². The minimum atomic E-state index is 0.162. The van der Waals surface area contributed by atoms with Crippen LogP contribution in [-0.4, -0.2) is 43.2 Å². The Morgan fingerprint density at radius 3 is 3.04 bits per heavy atom. The van der Waals surface area contributed by atoms with Gasteiger partial charge >= 0.3 is 0 Å². The van der Waals surface area contributed by atoms with E-state index in [1.165, 1.54) is 0 Å². The van der Waals surface area contributed by atoms with E-state index in [9.17, 15) is 4.79 Å². The number of aromatic amines is 1. The summed E-state index contributed by atoms with van der Waals surface area (Å²) in [7, 11) is 0. The minimum Gasteiger partial charge on any atom is -0.346 e. The topological polar surface area (TPSA) is 66.3 Å². The molecular weight excluding hydrogens is 302 g/mol. The van der Waals surface area contributed by atoms with Crippen molar-refractivity contribution in [1.29, 1.82) is 0 Å². The Labute approximate surface area is 140 Å². The lowest BCUT2D eigenvalue weighted by molar-refractivity contribution is -0.129. The van der Waals surface area contributed by atoms with Gasteiger partial charge in [0.15, 0.2) is 0 Å². The summed E-state index contributed by atoms with van der Waals surface area (Å²) in [6.07, 6.45) is 5.17. The molecule has 0 spiro atoms. The molecule has 1 unspecified atom stereocenters. The lowest BCUT2D eigenvalue weighted by Crippen LogP contribution is -2.30. The maximum absolute atomic E-state index is 12.7. The third-order valence-electron chi connectivity index (χ3n) is 4.80. The van der Waals surface area contributed by atoms with Crippen LogP contribution in [0.2, 0.25) is 0 Å². The van der Waals surface area contributed by atoms with Gasteiger partial charge in [-0.05, 0) is 32.4 Å². The van der Waals surface area contributed by atoms with E-state index < -0.39 is 0 Å². The normalized spacial score (nSPS) is 17.8. The molecule has 1 aliphatic heterocycles. The number of hydrogen-bond acceptors (Lipinski definition) is 3. The summed E-state index contributed by atoms with van der Waals surface area (Å²) in [5.41, 5.74) is 3.86. The van der Waals surface area contributed by atoms with Gasteiger partial charge in [-0.25, -0.2) is 9.97 Å². The molecule has 0 radical (unpaired) electrons. The van der Waals surface area contributed by atoms with Crippen LogP contribution >= 0.6 is 0 Å². The molecule has 1 amide bonds. The molecule has 1 N–H and O–H groups in total. The highest BCUT2D eigenvalue weighted by atomic mass is 16.2. The second kappa shape index (κ2) is 5.78. The third kappa shape index (κ3) is 2.58.